The number of ether oxygens (including phenoxy) is 1. The van der Waals surface area contributed by atoms with Crippen molar-refractivity contribution >= 4 is 17.3 Å². The molecule has 1 aromatic carbocycles. The van der Waals surface area contributed by atoms with E-state index < -0.39 is 16.7 Å². The molecule has 1 aliphatic rings. The Morgan fingerprint density at radius 2 is 2.29 bits per heavy atom. The second-order valence-corrected chi connectivity index (χ2v) is 4.73. The topological polar surface area (TPSA) is 114 Å². The molecule has 1 heterocycles. The molecule has 0 aromatic heterocycles. The number of carbonyl (C=O) groups is 1. The van der Waals surface area contributed by atoms with Crippen LogP contribution in [0.15, 0.2) is 18.2 Å². The zero-order chi connectivity index (χ0) is 15.4. The van der Waals surface area contributed by atoms with Gasteiger partial charge in [-0.25, -0.2) is 0 Å². The molecule has 8 nitrogen and oxygen atoms in total. The van der Waals surface area contributed by atoms with Crippen LogP contribution < -0.4 is 10.6 Å². The predicted octanol–water partition coefficient (Wildman–Crippen LogP) is 0.863. The maximum Gasteiger partial charge on any atom is 0.296 e. The Hall–Kier alpha value is -2.19. The number of benzene rings is 1. The minimum Gasteiger partial charge on any atom is -0.505 e. The first-order valence-corrected chi connectivity index (χ1v) is 6.63. The van der Waals surface area contributed by atoms with E-state index in [2.05, 4.69) is 10.6 Å². The van der Waals surface area contributed by atoms with Crippen LogP contribution in [0, 0.1) is 16.0 Å². The SMILES string of the molecule is CCNC1COCC1C(=O)Nc1c(O)cccc1[N+](=O)[O-]. The molecule has 0 bridgehead atoms. The average molecular weight is 295 g/mol. The van der Waals surface area contributed by atoms with E-state index in [4.69, 9.17) is 4.74 Å². The minimum absolute atomic E-state index is 0.139. The van der Waals surface area contributed by atoms with Crippen LogP contribution in [-0.2, 0) is 9.53 Å². The molecule has 1 aromatic rings. The summed E-state index contributed by atoms with van der Waals surface area (Å²) in [7, 11) is 0. The molecule has 114 valence electrons. The third kappa shape index (κ3) is 3.29. The van der Waals surface area contributed by atoms with Crippen LogP contribution >= 0.6 is 0 Å². The highest BCUT2D eigenvalue weighted by molar-refractivity contribution is 5.97. The van der Waals surface area contributed by atoms with Gasteiger partial charge in [-0.2, -0.15) is 0 Å². The summed E-state index contributed by atoms with van der Waals surface area (Å²) in [5.41, 5.74) is -0.531. The van der Waals surface area contributed by atoms with Gasteiger partial charge in [-0.15, -0.1) is 0 Å². The Morgan fingerprint density at radius 3 is 2.95 bits per heavy atom. The molecule has 21 heavy (non-hydrogen) atoms. The summed E-state index contributed by atoms with van der Waals surface area (Å²) in [5, 5.41) is 26.3. The average Bonchev–Trinajstić information content (AvgIpc) is 2.89. The number of aromatic hydroxyl groups is 1. The van der Waals surface area contributed by atoms with Gasteiger partial charge in [0.25, 0.3) is 5.69 Å². The Kier molecular flexibility index (Phi) is 4.71. The number of hydrogen-bond donors (Lipinski definition) is 3. The van der Waals surface area contributed by atoms with Crippen LogP contribution in [0.5, 0.6) is 5.75 Å². The van der Waals surface area contributed by atoms with E-state index in [1.807, 2.05) is 6.92 Å². The van der Waals surface area contributed by atoms with Crippen molar-refractivity contribution in [2.45, 2.75) is 13.0 Å². The van der Waals surface area contributed by atoms with E-state index >= 15 is 0 Å². The van der Waals surface area contributed by atoms with Crippen LogP contribution in [0.4, 0.5) is 11.4 Å². The van der Waals surface area contributed by atoms with Crippen LogP contribution in [0.25, 0.3) is 0 Å². The number of phenols is 1. The van der Waals surface area contributed by atoms with E-state index in [1.54, 1.807) is 0 Å². The lowest BCUT2D eigenvalue weighted by atomic mass is 10.0. The van der Waals surface area contributed by atoms with Crippen molar-refractivity contribution in [1.29, 1.82) is 0 Å². The lowest BCUT2D eigenvalue weighted by Crippen LogP contribution is -2.41. The van der Waals surface area contributed by atoms with Crippen molar-refractivity contribution < 1.29 is 19.6 Å². The first-order valence-electron chi connectivity index (χ1n) is 6.63. The molecular weight excluding hydrogens is 278 g/mol. The van der Waals surface area contributed by atoms with Crippen molar-refractivity contribution in [2.24, 2.45) is 5.92 Å². The number of amides is 1. The van der Waals surface area contributed by atoms with E-state index in [0.717, 1.165) is 0 Å². The number of anilines is 1. The maximum absolute atomic E-state index is 12.3. The lowest BCUT2D eigenvalue weighted by molar-refractivity contribution is -0.384. The smallest absolute Gasteiger partial charge is 0.296 e. The molecule has 1 aliphatic heterocycles. The molecule has 0 aliphatic carbocycles. The Morgan fingerprint density at radius 1 is 1.52 bits per heavy atom. The number of likely N-dealkylation sites (N-methyl/N-ethyl adjacent to an activating group) is 1. The summed E-state index contributed by atoms with van der Waals surface area (Å²) in [6, 6.07) is 3.72. The molecule has 0 radical (unpaired) electrons. The fraction of sp³-hybridized carbons (Fsp3) is 0.462. The Labute approximate surface area is 121 Å². The Balaban J connectivity index is 2.18. The number of phenolic OH excluding ortho intramolecular Hbond substituents is 1. The molecule has 2 unspecified atom stereocenters. The number of nitrogens with one attached hydrogen (secondary N) is 2. The van der Waals surface area contributed by atoms with Gasteiger partial charge in [0.15, 0.2) is 5.69 Å². The minimum atomic E-state index is -0.651. The number of nitro benzene ring substituents is 1. The summed E-state index contributed by atoms with van der Waals surface area (Å²) >= 11 is 0. The van der Waals surface area contributed by atoms with Crippen molar-refractivity contribution in [3.63, 3.8) is 0 Å². The number of carbonyl (C=O) groups excluding carboxylic acids is 1. The summed E-state index contributed by atoms with van der Waals surface area (Å²) in [6.07, 6.45) is 0. The lowest BCUT2D eigenvalue weighted by Gasteiger charge is -2.18. The molecule has 0 spiro atoms. The van der Waals surface area contributed by atoms with Gasteiger partial charge < -0.3 is 20.5 Å². The van der Waals surface area contributed by atoms with Gasteiger partial charge in [0.2, 0.25) is 5.91 Å². The number of para-hydroxylation sites is 1. The van der Waals surface area contributed by atoms with Gasteiger partial charge >= 0.3 is 0 Å². The van der Waals surface area contributed by atoms with E-state index in [9.17, 15) is 20.0 Å². The number of nitrogens with zero attached hydrogens (tertiary/aromatic N) is 1. The zero-order valence-electron chi connectivity index (χ0n) is 11.5. The number of nitro groups is 1. The monoisotopic (exact) mass is 295 g/mol. The second kappa shape index (κ2) is 6.51. The zero-order valence-corrected chi connectivity index (χ0v) is 11.5. The second-order valence-electron chi connectivity index (χ2n) is 4.73. The first-order chi connectivity index (χ1) is 10.0. The van der Waals surface area contributed by atoms with Crippen molar-refractivity contribution in [3.8, 4) is 5.75 Å². The van der Waals surface area contributed by atoms with E-state index in [-0.39, 0.29) is 29.8 Å². The maximum atomic E-state index is 12.3. The molecular formula is C13H17N3O5. The highest BCUT2D eigenvalue weighted by atomic mass is 16.6. The van der Waals surface area contributed by atoms with Gasteiger partial charge in [0.05, 0.1) is 24.1 Å². The van der Waals surface area contributed by atoms with Crippen molar-refractivity contribution in [3.05, 3.63) is 28.3 Å². The summed E-state index contributed by atoms with van der Waals surface area (Å²) in [5.74, 6) is -1.20. The van der Waals surface area contributed by atoms with Crippen LogP contribution in [-0.4, -0.2) is 41.7 Å². The molecule has 2 atom stereocenters. The highest BCUT2D eigenvalue weighted by Crippen LogP contribution is 2.33. The first kappa shape index (κ1) is 15.2. The predicted molar refractivity (Wildman–Crippen MR) is 75.2 cm³/mol. The fourth-order valence-corrected chi connectivity index (χ4v) is 2.30. The Bertz CT molecular complexity index is 549. The van der Waals surface area contributed by atoms with Gasteiger partial charge in [-0.1, -0.05) is 13.0 Å². The van der Waals surface area contributed by atoms with Crippen LogP contribution in [0.1, 0.15) is 6.92 Å². The number of rotatable bonds is 5. The molecule has 0 saturated carbocycles. The van der Waals surface area contributed by atoms with Crippen LogP contribution in [0.2, 0.25) is 0 Å². The van der Waals surface area contributed by atoms with Crippen molar-refractivity contribution in [2.75, 3.05) is 25.1 Å². The van der Waals surface area contributed by atoms with E-state index in [0.29, 0.717) is 13.2 Å². The van der Waals surface area contributed by atoms with E-state index in [1.165, 1.54) is 18.2 Å². The van der Waals surface area contributed by atoms with Gasteiger partial charge in [0.1, 0.15) is 5.75 Å². The molecule has 3 N–H and O–H groups in total. The largest absolute Gasteiger partial charge is 0.505 e. The quantitative estimate of drug-likeness (QED) is 0.422. The summed E-state index contributed by atoms with van der Waals surface area (Å²) in [4.78, 5) is 22.6. The molecule has 1 amide bonds. The molecule has 8 heteroatoms. The standard InChI is InChI=1S/C13H17N3O5/c1-2-14-9-7-21-6-8(9)13(18)15-12-10(16(19)20)4-3-5-11(12)17/h3-5,8-9,14,17H,2,6-7H2,1H3,(H,15,18). The van der Waals surface area contributed by atoms with Gasteiger partial charge in [0, 0.05) is 12.1 Å². The van der Waals surface area contributed by atoms with Gasteiger partial charge in [-0.05, 0) is 12.6 Å². The highest BCUT2D eigenvalue weighted by Gasteiger charge is 2.34. The van der Waals surface area contributed by atoms with Crippen LogP contribution in [0.3, 0.4) is 0 Å². The summed E-state index contributed by atoms with van der Waals surface area (Å²) < 4.78 is 5.27. The van der Waals surface area contributed by atoms with Crippen molar-refractivity contribution in [1.82, 2.24) is 5.32 Å². The number of hydrogen-bond acceptors (Lipinski definition) is 6. The molecule has 2 rings (SSSR count). The fourth-order valence-electron chi connectivity index (χ4n) is 2.30. The van der Waals surface area contributed by atoms with Gasteiger partial charge in [-0.3, -0.25) is 14.9 Å². The third-order valence-electron chi connectivity index (χ3n) is 3.35. The molecule has 1 fully saturated rings. The normalized spacial score (nSPS) is 21.2. The summed E-state index contributed by atoms with van der Waals surface area (Å²) in [6.45, 7) is 3.26. The molecule has 1 saturated heterocycles. The third-order valence-corrected chi connectivity index (χ3v) is 3.35.